The Morgan fingerprint density at radius 1 is 0.826 bits per heavy atom. The van der Waals surface area contributed by atoms with Crippen LogP contribution in [0.2, 0.25) is 0 Å². The summed E-state index contributed by atoms with van der Waals surface area (Å²) in [4.78, 5) is 19.6. The second kappa shape index (κ2) is 9.58. The first kappa shape index (κ1) is 17.8. The van der Waals surface area contributed by atoms with Crippen LogP contribution in [0.25, 0.3) is 0 Å². The van der Waals surface area contributed by atoms with Crippen LogP contribution in [0.1, 0.15) is 0 Å². The van der Waals surface area contributed by atoms with Crippen molar-refractivity contribution in [2.75, 3.05) is 47.8 Å². The van der Waals surface area contributed by atoms with Crippen molar-refractivity contribution in [2.45, 2.75) is 18.3 Å². The fraction of sp³-hybridized carbons (Fsp3) is 0.714. The van der Waals surface area contributed by atoms with Crippen molar-refractivity contribution in [1.82, 2.24) is 0 Å². The molecule has 0 amide bonds. The predicted octanol–water partition coefficient (Wildman–Crippen LogP) is 0.671. The molecule has 2 aliphatic rings. The van der Waals surface area contributed by atoms with E-state index in [4.69, 9.17) is 43.2 Å². The third-order valence-electron chi connectivity index (χ3n) is 3.29. The van der Waals surface area contributed by atoms with Gasteiger partial charge < -0.3 is 33.5 Å². The maximum absolute atomic E-state index is 5.80. The number of rotatable bonds is 5. The molecular formula is C14H22O9. The molecule has 2 atom stereocenters. The molecule has 0 spiro atoms. The van der Waals surface area contributed by atoms with Gasteiger partial charge in [0.1, 0.15) is 31.5 Å². The molecule has 0 aromatic heterocycles. The fourth-order valence-electron chi connectivity index (χ4n) is 2.22. The van der Waals surface area contributed by atoms with Crippen molar-refractivity contribution in [2.24, 2.45) is 0 Å². The molecule has 0 bridgehead atoms. The van der Waals surface area contributed by atoms with E-state index in [2.05, 4.69) is 0 Å². The molecule has 0 aromatic rings. The van der Waals surface area contributed by atoms with Crippen molar-refractivity contribution < 1.29 is 43.2 Å². The Hall–Kier alpha value is -1.52. The van der Waals surface area contributed by atoms with Gasteiger partial charge in [0.25, 0.3) is 0 Å². The van der Waals surface area contributed by atoms with E-state index in [1.165, 1.54) is 26.7 Å². The highest BCUT2D eigenvalue weighted by Gasteiger charge is 2.39. The summed E-state index contributed by atoms with van der Waals surface area (Å²) in [7, 11) is 4.55. The Morgan fingerprint density at radius 3 is 1.70 bits per heavy atom. The first-order valence-corrected chi connectivity index (χ1v) is 7.12. The molecule has 0 saturated carbocycles. The van der Waals surface area contributed by atoms with E-state index >= 15 is 0 Å². The largest absolute Gasteiger partial charge is 0.495 e. The SMILES string of the molecule is CO/C1=C/OOCCOC1C(OC)C1OCCOO/C=C\1OC. The third-order valence-corrected chi connectivity index (χ3v) is 3.29. The zero-order valence-corrected chi connectivity index (χ0v) is 13.4. The summed E-state index contributed by atoms with van der Waals surface area (Å²) in [6.45, 7) is 1.14. The monoisotopic (exact) mass is 334 g/mol. The second-order valence-electron chi connectivity index (χ2n) is 4.57. The van der Waals surface area contributed by atoms with Crippen LogP contribution >= 0.6 is 0 Å². The number of hydrogen-bond donors (Lipinski definition) is 0. The van der Waals surface area contributed by atoms with Crippen LogP contribution in [0.3, 0.4) is 0 Å². The average molecular weight is 334 g/mol. The highest BCUT2D eigenvalue weighted by atomic mass is 17.2. The van der Waals surface area contributed by atoms with E-state index < -0.39 is 18.3 Å². The van der Waals surface area contributed by atoms with Gasteiger partial charge in [-0.25, -0.2) is 0 Å². The van der Waals surface area contributed by atoms with Gasteiger partial charge in [-0.1, -0.05) is 0 Å². The van der Waals surface area contributed by atoms with Crippen molar-refractivity contribution in [1.29, 1.82) is 0 Å². The van der Waals surface area contributed by atoms with Crippen molar-refractivity contribution in [3.63, 3.8) is 0 Å². The van der Waals surface area contributed by atoms with Crippen molar-refractivity contribution >= 4 is 0 Å². The summed E-state index contributed by atoms with van der Waals surface area (Å²) in [5.74, 6) is 0.796. The molecule has 0 fully saturated rings. The molecule has 23 heavy (non-hydrogen) atoms. The predicted molar refractivity (Wildman–Crippen MR) is 74.5 cm³/mol. The van der Waals surface area contributed by atoms with Gasteiger partial charge in [0.05, 0.1) is 27.4 Å². The van der Waals surface area contributed by atoms with Gasteiger partial charge in [-0.3, -0.25) is 0 Å². The zero-order chi connectivity index (χ0) is 16.5. The maximum Gasteiger partial charge on any atom is 0.170 e. The zero-order valence-electron chi connectivity index (χ0n) is 13.4. The van der Waals surface area contributed by atoms with Gasteiger partial charge in [-0.2, -0.15) is 9.78 Å². The number of ether oxygens (including phenoxy) is 5. The minimum absolute atomic E-state index is 0.274. The third kappa shape index (κ3) is 4.72. The summed E-state index contributed by atoms with van der Waals surface area (Å²) in [5, 5.41) is 0. The molecule has 9 nitrogen and oxygen atoms in total. The molecule has 0 saturated heterocycles. The van der Waals surface area contributed by atoms with Crippen LogP contribution in [0, 0.1) is 0 Å². The van der Waals surface area contributed by atoms with Crippen molar-refractivity contribution in [3.8, 4) is 0 Å². The van der Waals surface area contributed by atoms with Crippen molar-refractivity contribution in [3.05, 3.63) is 24.0 Å². The van der Waals surface area contributed by atoms with Crippen LogP contribution in [0.5, 0.6) is 0 Å². The second-order valence-corrected chi connectivity index (χ2v) is 4.57. The normalized spacial score (nSPS) is 32.1. The van der Waals surface area contributed by atoms with E-state index in [9.17, 15) is 0 Å². The standard InChI is InChI=1S/C14H22O9/c1-15-10-8-22-20-6-4-18-12(10)14(17-3)13-11(16-2)9-23-21-7-5-19-13/h8-9,12-14H,4-7H2,1-3H3/b10-8+,11-9+. The van der Waals surface area contributed by atoms with Gasteiger partial charge in [0.15, 0.2) is 24.0 Å². The smallest absolute Gasteiger partial charge is 0.170 e. The highest BCUT2D eigenvalue weighted by Crippen LogP contribution is 2.25. The van der Waals surface area contributed by atoms with Crippen LogP contribution in [0.4, 0.5) is 0 Å². The van der Waals surface area contributed by atoms with E-state index in [1.54, 1.807) is 7.11 Å². The lowest BCUT2D eigenvalue weighted by Crippen LogP contribution is -2.46. The van der Waals surface area contributed by atoms with Gasteiger partial charge in [0, 0.05) is 7.11 Å². The van der Waals surface area contributed by atoms with Crippen LogP contribution in [-0.2, 0) is 43.2 Å². The minimum atomic E-state index is -0.585. The van der Waals surface area contributed by atoms with E-state index in [1.807, 2.05) is 0 Å². The Morgan fingerprint density at radius 2 is 1.30 bits per heavy atom. The Bertz CT molecular complexity index is 373. The molecule has 0 N–H and O–H groups in total. The van der Waals surface area contributed by atoms with Gasteiger partial charge in [-0.15, -0.1) is 0 Å². The molecule has 2 heterocycles. The van der Waals surface area contributed by atoms with E-state index in [0.717, 1.165) is 0 Å². The summed E-state index contributed by atoms with van der Waals surface area (Å²) in [5.41, 5.74) is 0. The lowest BCUT2D eigenvalue weighted by Gasteiger charge is -2.34. The van der Waals surface area contributed by atoms with Crippen LogP contribution in [0.15, 0.2) is 24.0 Å². The molecule has 2 unspecified atom stereocenters. The lowest BCUT2D eigenvalue weighted by atomic mass is 10.0. The molecule has 0 aromatic carbocycles. The fourth-order valence-corrected chi connectivity index (χ4v) is 2.22. The molecular weight excluding hydrogens is 312 g/mol. The molecule has 0 radical (unpaired) electrons. The quantitative estimate of drug-likeness (QED) is 0.674. The molecule has 9 heteroatoms. The number of hydrogen-bond acceptors (Lipinski definition) is 9. The van der Waals surface area contributed by atoms with Crippen LogP contribution < -0.4 is 0 Å². The Balaban J connectivity index is 2.26. The summed E-state index contributed by atoms with van der Waals surface area (Å²) in [6, 6.07) is 0. The first-order chi connectivity index (χ1) is 11.3. The summed E-state index contributed by atoms with van der Waals surface area (Å²) in [6.07, 6.45) is 0.912. The van der Waals surface area contributed by atoms with E-state index in [0.29, 0.717) is 24.7 Å². The van der Waals surface area contributed by atoms with Gasteiger partial charge in [0.2, 0.25) is 0 Å². The Labute approximate surface area is 134 Å². The van der Waals surface area contributed by atoms with Gasteiger partial charge >= 0.3 is 0 Å². The molecule has 132 valence electrons. The van der Waals surface area contributed by atoms with Gasteiger partial charge in [-0.05, 0) is 0 Å². The summed E-state index contributed by atoms with van der Waals surface area (Å²) >= 11 is 0. The Kier molecular flexibility index (Phi) is 7.43. The topological polar surface area (TPSA) is 83.1 Å². The van der Waals surface area contributed by atoms with E-state index in [-0.39, 0.29) is 13.2 Å². The maximum atomic E-state index is 5.80. The lowest BCUT2D eigenvalue weighted by molar-refractivity contribution is -0.276. The number of methoxy groups -OCH3 is 3. The average Bonchev–Trinajstić information content (AvgIpc) is 2.52. The first-order valence-electron chi connectivity index (χ1n) is 7.12. The molecule has 0 aliphatic carbocycles. The highest BCUT2D eigenvalue weighted by molar-refractivity contribution is 5.10. The van der Waals surface area contributed by atoms with Crippen LogP contribution in [-0.4, -0.2) is 66.1 Å². The molecule has 2 aliphatic heterocycles. The molecule has 2 rings (SSSR count). The minimum Gasteiger partial charge on any atom is -0.495 e. The summed E-state index contributed by atoms with van der Waals surface area (Å²) < 4.78 is 27.8.